The van der Waals surface area contributed by atoms with Crippen molar-refractivity contribution in [2.45, 2.75) is 39.2 Å². The van der Waals surface area contributed by atoms with Crippen LogP contribution in [-0.4, -0.2) is 55.2 Å². The normalized spacial score (nSPS) is 13.8. The van der Waals surface area contributed by atoms with E-state index in [9.17, 15) is 14.4 Å². The predicted octanol–water partition coefficient (Wildman–Crippen LogP) is 3.58. The standard InChI is InChI=1S/C25H30N2O6/c1-3-31-21-9-5-18(6-10-21)17-23(28)27-15-13-20(14-16-27)26-24(29)19-7-11-22(12-8-19)33-25(30)32-4-2/h5-12,20H,3-4,13-17H2,1-2H3,(H,26,29). The first-order chi connectivity index (χ1) is 16.0. The Morgan fingerprint density at radius 2 is 1.55 bits per heavy atom. The molecule has 2 aromatic carbocycles. The second kappa shape index (κ2) is 11.9. The van der Waals surface area contributed by atoms with E-state index in [4.69, 9.17) is 14.2 Å². The molecule has 1 saturated heterocycles. The Kier molecular flexibility index (Phi) is 8.69. The number of nitrogens with one attached hydrogen (secondary N) is 1. The molecule has 33 heavy (non-hydrogen) atoms. The van der Waals surface area contributed by atoms with Crippen molar-refractivity contribution in [1.82, 2.24) is 10.2 Å². The highest BCUT2D eigenvalue weighted by Crippen LogP contribution is 2.17. The predicted molar refractivity (Wildman–Crippen MR) is 122 cm³/mol. The first-order valence-corrected chi connectivity index (χ1v) is 11.2. The Bertz CT molecular complexity index is 934. The van der Waals surface area contributed by atoms with Crippen molar-refractivity contribution >= 4 is 18.0 Å². The molecule has 8 nitrogen and oxygen atoms in total. The molecule has 1 heterocycles. The number of rotatable bonds is 8. The molecule has 0 aliphatic carbocycles. The third-order valence-electron chi connectivity index (χ3n) is 5.35. The van der Waals surface area contributed by atoms with E-state index in [-0.39, 0.29) is 24.5 Å². The second-order valence-electron chi connectivity index (χ2n) is 7.69. The highest BCUT2D eigenvalue weighted by atomic mass is 16.7. The van der Waals surface area contributed by atoms with Gasteiger partial charge in [-0.25, -0.2) is 4.79 Å². The number of hydrogen-bond donors (Lipinski definition) is 1. The van der Waals surface area contributed by atoms with E-state index in [1.807, 2.05) is 36.1 Å². The van der Waals surface area contributed by atoms with Gasteiger partial charge in [0, 0.05) is 24.7 Å². The van der Waals surface area contributed by atoms with E-state index in [1.165, 1.54) is 0 Å². The molecule has 0 aromatic heterocycles. The molecule has 0 radical (unpaired) electrons. The van der Waals surface area contributed by atoms with Crippen molar-refractivity contribution in [2.75, 3.05) is 26.3 Å². The first kappa shape index (κ1) is 24.1. The van der Waals surface area contributed by atoms with Crippen LogP contribution in [0.25, 0.3) is 0 Å². The molecule has 0 unspecified atom stereocenters. The lowest BCUT2D eigenvalue weighted by atomic mass is 10.0. The summed E-state index contributed by atoms with van der Waals surface area (Å²) in [5.74, 6) is 0.994. The zero-order chi connectivity index (χ0) is 23.6. The van der Waals surface area contributed by atoms with Gasteiger partial charge >= 0.3 is 6.16 Å². The molecule has 0 bridgehead atoms. The van der Waals surface area contributed by atoms with Gasteiger partial charge in [-0.1, -0.05) is 12.1 Å². The van der Waals surface area contributed by atoms with Crippen molar-refractivity contribution in [3.63, 3.8) is 0 Å². The molecule has 0 atom stereocenters. The molecular weight excluding hydrogens is 424 g/mol. The molecule has 0 saturated carbocycles. The maximum atomic E-state index is 12.6. The fourth-order valence-corrected chi connectivity index (χ4v) is 3.62. The number of nitrogens with zero attached hydrogens (tertiary/aromatic N) is 1. The molecular formula is C25H30N2O6. The van der Waals surface area contributed by atoms with Gasteiger partial charge in [0.25, 0.3) is 5.91 Å². The van der Waals surface area contributed by atoms with Crippen LogP contribution in [-0.2, 0) is 16.0 Å². The number of benzene rings is 2. The Morgan fingerprint density at radius 3 is 2.15 bits per heavy atom. The Morgan fingerprint density at radius 1 is 0.909 bits per heavy atom. The van der Waals surface area contributed by atoms with Gasteiger partial charge in [-0.15, -0.1) is 0 Å². The lowest BCUT2D eigenvalue weighted by Crippen LogP contribution is -2.46. The molecule has 1 fully saturated rings. The number of amides is 2. The summed E-state index contributed by atoms with van der Waals surface area (Å²) >= 11 is 0. The summed E-state index contributed by atoms with van der Waals surface area (Å²) in [6.45, 7) is 5.67. The number of carbonyl (C=O) groups is 3. The van der Waals surface area contributed by atoms with Gasteiger partial charge < -0.3 is 24.4 Å². The molecule has 2 amide bonds. The van der Waals surface area contributed by atoms with Crippen LogP contribution in [0.4, 0.5) is 4.79 Å². The fraction of sp³-hybridized carbons (Fsp3) is 0.400. The van der Waals surface area contributed by atoms with Crippen LogP contribution in [0.1, 0.15) is 42.6 Å². The minimum absolute atomic E-state index is 0.00230. The Hall–Kier alpha value is -3.55. The average Bonchev–Trinajstić information content (AvgIpc) is 2.81. The molecule has 1 N–H and O–H groups in total. The summed E-state index contributed by atoms with van der Waals surface area (Å²) in [6, 6.07) is 13.9. The Balaban J connectivity index is 1.43. The van der Waals surface area contributed by atoms with Crippen molar-refractivity contribution in [2.24, 2.45) is 0 Å². The molecule has 0 spiro atoms. The van der Waals surface area contributed by atoms with E-state index >= 15 is 0 Å². The summed E-state index contributed by atoms with van der Waals surface area (Å²) in [4.78, 5) is 38.4. The summed E-state index contributed by atoms with van der Waals surface area (Å²) in [5, 5.41) is 3.02. The van der Waals surface area contributed by atoms with Gasteiger partial charge in [0.2, 0.25) is 5.91 Å². The molecule has 3 rings (SSSR count). The molecule has 8 heteroatoms. The van der Waals surface area contributed by atoms with Gasteiger partial charge in [0.15, 0.2) is 0 Å². The number of carbonyl (C=O) groups excluding carboxylic acids is 3. The largest absolute Gasteiger partial charge is 0.513 e. The fourth-order valence-electron chi connectivity index (χ4n) is 3.62. The van der Waals surface area contributed by atoms with E-state index < -0.39 is 6.16 Å². The van der Waals surface area contributed by atoms with Crippen molar-refractivity contribution in [3.8, 4) is 11.5 Å². The van der Waals surface area contributed by atoms with Gasteiger partial charge in [-0.05, 0) is 68.7 Å². The quantitative estimate of drug-likeness (QED) is 0.484. The zero-order valence-electron chi connectivity index (χ0n) is 19.0. The van der Waals surface area contributed by atoms with E-state index in [0.29, 0.717) is 50.3 Å². The van der Waals surface area contributed by atoms with Crippen molar-refractivity contribution in [3.05, 3.63) is 59.7 Å². The van der Waals surface area contributed by atoms with Crippen LogP contribution in [0.3, 0.4) is 0 Å². The number of likely N-dealkylation sites (tertiary alicyclic amines) is 1. The van der Waals surface area contributed by atoms with Crippen LogP contribution in [0.2, 0.25) is 0 Å². The van der Waals surface area contributed by atoms with Gasteiger partial charge in [0.1, 0.15) is 11.5 Å². The highest BCUT2D eigenvalue weighted by Gasteiger charge is 2.24. The molecule has 1 aliphatic rings. The van der Waals surface area contributed by atoms with Crippen LogP contribution >= 0.6 is 0 Å². The lowest BCUT2D eigenvalue weighted by Gasteiger charge is -2.32. The van der Waals surface area contributed by atoms with Gasteiger partial charge in [-0.2, -0.15) is 0 Å². The third kappa shape index (κ3) is 7.24. The van der Waals surface area contributed by atoms with Crippen LogP contribution < -0.4 is 14.8 Å². The summed E-state index contributed by atoms with van der Waals surface area (Å²) in [7, 11) is 0. The number of ether oxygens (including phenoxy) is 3. The maximum absolute atomic E-state index is 12.6. The number of hydrogen-bond acceptors (Lipinski definition) is 6. The van der Waals surface area contributed by atoms with E-state index in [2.05, 4.69) is 5.32 Å². The van der Waals surface area contributed by atoms with Crippen molar-refractivity contribution in [1.29, 1.82) is 0 Å². The third-order valence-corrected chi connectivity index (χ3v) is 5.35. The van der Waals surface area contributed by atoms with E-state index in [1.54, 1.807) is 31.2 Å². The van der Waals surface area contributed by atoms with Gasteiger partial charge in [-0.3, -0.25) is 9.59 Å². The Labute approximate surface area is 193 Å². The highest BCUT2D eigenvalue weighted by molar-refractivity contribution is 5.94. The summed E-state index contributed by atoms with van der Waals surface area (Å²) in [6.07, 6.45) is 0.970. The monoisotopic (exact) mass is 454 g/mol. The van der Waals surface area contributed by atoms with Crippen molar-refractivity contribution < 1.29 is 28.6 Å². The topological polar surface area (TPSA) is 94.2 Å². The first-order valence-electron chi connectivity index (χ1n) is 11.2. The second-order valence-corrected chi connectivity index (χ2v) is 7.69. The number of piperidine rings is 1. The summed E-state index contributed by atoms with van der Waals surface area (Å²) in [5.41, 5.74) is 1.43. The SMILES string of the molecule is CCOC(=O)Oc1ccc(C(=O)NC2CCN(C(=O)Cc3ccc(OCC)cc3)CC2)cc1. The minimum atomic E-state index is -0.779. The lowest BCUT2D eigenvalue weighted by molar-refractivity contribution is -0.131. The van der Waals surface area contributed by atoms with Gasteiger partial charge in [0.05, 0.1) is 19.6 Å². The van der Waals surface area contributed by atoms with E-state index in [0.717, 1.165) is 11.3 Å². The summed E-state index contributed by atoms with van der Waals surface area (Å²) < 4.78 is 15.2. The minimum Gasteiger partial charge on any atom is -0.494 e. The smallest absolute Gasteiger partial charge is 0.494 e. The van der Waals surface area contributed by atoms with Crippen LogP contribution in [0, 0.1) is 0 Å². The molecule has 2 aromatic rings. The van der Waals surface area contributed by atoms with Crippen LogP contribution in [0.15, 0.2) is 48.5 Å². The molecule has 176 valence electrons. The average molecular weight is 455 g/mol. The van der Waals surface area contributed by atoms with Crippen LogP contribution in [0.5, 0.6) is 11.5 Å². The molecule has 1 aliphatic heterocycles. The zero-order valence-corrected chi connectivity index (χ0v) is 19.0. The maximum Gasteiger partial charge on any atom is 0.513 e.